The number of nitrogens with one attached hydrogen (secondary N) is 2. The molecule has 0 spiro atoms. The molecule has 7 heteroatoms. The van der Waals surface area contributed by atoms with E-state index in [2.05, 4.69) is 15.3 Å². The van der Waals surface area contributed by atoms with E-state index in [-0.39, 0.29) is 23.9 Å². The Bertz CT molecular complexity index is 852. The minimum absolute atomic E-state index is 0.0313. The van der Waals surface area contributed by atoms with Crippen LogP contribution in [0.2, 0.25) is 0 Å². The lowest BCUT2D eigenvalue weighted by molar-refractivity contribution is -0.131. The molecular formula is C19H26N4O3. The van der Waals surface area contributed by atoms with E-state index in [1.54, 1.807) is 25.2 Å². The van der Waals surface area contributed by atoms with Crippen molar-refractivity contribution in [3.05, 3.63) is 40.4 Å². The lowest BCUT2D eigenvalue weighted by atomic mass is 9.96. The first-order valence-electron chi connectivity index (χ1n) is 8.68. The molecule has 0 radical (unpaired) electrons. The maximum absolute atomic E-state index is 12.2. The highest BCUT2D eigenvalue weighted by Gasteiger charge is 2.20. The van der Waals surface area contributed by atoms with Crippen molar-refractivity contribution in [1.82, 2.24) is 20.2 Å². The zero-order valence-electron chi connectivity index (χ0n) is 15.8. The van der Waals surface area contributed by atoms with Gasteiger partial charge >= 0.3 is 0 Å². The summed E-state index contributed by atoms with van der Waals surface area (Å²) in [6, 6.07) is 7.09. The van der Waals surface area contributed by atoms with Crippen LogP contribution in [0, 0.1) is 5.41 Å². The molecule has 1 heterocycles. The molecule has 140 valence electrons. The molecule has 0 saturated heterocycles. The van der Waals surface area contributed by atoms with Crippen molar-refractivity contribution < 1.29 is 9.59 Å². The SMILES string of the molecule is CN(Cc1nc2ccccc2c(=O)[nH]1)C(=O)CCCNC(=O)C(C)(C)C. The molecule has 0 unspecified atom stereocenters. The second kappa shape index (κ2) is 8.12. The van der Waals surface area contributed by atoms with Crippen LogP contribution in [0.15, 0.2) is 29.1 Å². The normalized spacial score (nSPS) is 11.4. The molecule has 0 aliphatic carbocycles. The molecule has 7 nitrogen and oxygen atoms in total. The molecular weight excluding hydrogens is 332 g/mol. The van der Waals surface area contributed by atoms with Crippen molar-refractivity contribution >= 4 is 22.7 Å². The summed E-state index contributed by atoms with van der Waals surface area (Å²) < 4.78 is 0. The minimum Gasteiger partial charge on any atom is -0.356 e. The molecule has 0 saturated carbocycles. The number of carbonyl (C=O) groups is 2. The molecule has 2 rings (SSSR count). The van der Waals surface area contributed by atoms with Gasteiger partial charge in [0.2, 0.25) is 11.8 Å². The van der Waals surface area contributed by atoms with Crippen LogP contribution in [0.5, 0.6) is 0 Å². The maximum atomic E-state index is 12.2. The topological polar surface area (TPSA) is 95.2 Å². The standard InChI is InChI=1S/C19H26N4O3/c1-19(2,3)18(26)20-11-7-10-16(24)23(4)12-15-21-14-9-6-5-8-13(14)17(25)22-15/h5-6,8-9H,7,10-12H2,1-4H3,(H,20,26)(H,21,22,25). The van der Waals surface area contributed by atoms with Crippen LogP contribution in [-0.2, 0) is 16.1 Å². The quantitative estimate of drug-likeness (QED) is 0.770. The van der Waals surface area contributed by atoms with Gasteiger partial charge in [0, 0.05) is 25.4 Å². The van der Waals surface area contributed by atoms with E-state index in [1.165, 1.54) is 4.90 Å². The number of benzene rings is 1. The molecule has 0 fully saturated rings. The lowest BCUT2D eigenvalue weighted by Crippen LogP contribution is -2.36. The van der Waals surface area contributed by atoms with Gasteiger partial charge in [-0.3, -0.25) is 14.4 Å². The fraction of sp³-hybridized carbons (Fsp3) is 0.474. The average molecular weight is 358 g/mol. The number of amides is 2. The summed E-state index contributed by atoms with van der Waals surface area (Å²) in [4.78, 5) is 44.7. The van der Waals surface area contributed by atoms with E-state index in [9.17, 15) is 14.4 Å². The van der Waals surface area contributed by atoms with Gasteiger partial charge in [-0.25, -0.2) is 4.98 Å². The number of nitrogens with zero attached hydrogens (tertiary/aromatic N) is 2. The molecule has 1 aromatic heterocycles. The predicted molar refractivity (Wildman–Crippen MR) is 101 cm³/mol. The third-order valence-electron chi connectivity index (χ3n) is 4.01. The summed E-state index contributed by atoms with van der Waals surface area (Å²) in [5.74, 6) is 0.354. The zero-order valence-corrected chi connectivity index (χ0v) is 15.8. The summed E-state index contributed by atoms with van der Waals surface area (Å²) in [5, 5.41) is 3.35. The Morgan fingerprint density at radius 2 is 1.92 bits per heavy atom. The Hall–Kier alpha value is -2.70. The molecule has 26 heavy (non-hydrogen) atoms. The highest BCUT2D eigenvalue weighted by atomic mass is 16.2. The number of fused-ring (bicyclic) bond motifs is 1. The molecule has 2 amide bonds. The van der Waals surface area contributed by atoms with E-state index in [0.717, 1.165) is 0 Å². The van der Waals surface area contributed by atoms with Crippen LogP contribution < -0.4 is 10.9 Å². The van der Waals surface area contributed by atoms with Gasteiger partial charge in [0.05, 0.1) is 17.4 Å². The number of hydrogen-bond donors (Lipinski definition) is 2. The second-order valence-electron chi connectivity index (χ2n) is 7.39. The van der Waals surface area contributed by atoms with Crippen LogP contribution in [0.1, 0.15) is 39.4 Å². The predicted octanol–water partition coefficient (Wildman–Crippen LogP) is 1.82. The molecule has 0 aliphatic heterocycles. The van der Waals surface area contributed by atoms with Gasteiger partial charge in [-0.05, 0) is 18.6 Å². The first-order valence-corrected chi connectivity index (χ1v) is 8.68. The van der Waals surface area contributed by atoms with Gasteiger partial charge in [0.1, 0.15) is 5.82 Å². The maximum Gasteiger partial charge on any atom is 0.258 e. The van der Waals surface area contributed by atoms with E-state index in [1.807, 2.05) is 26.8 Å². The molecule has 2 aromatic rings. The summed E-state index contributed by atoms with van der Waals surface area (Å²) in [6.07, 6.45) is 0.880. The third-order valence-corrected chi connectivity index (χ3v) is 4.01. The molecule has 0 bridgehead atoms. The van der Waals surface area contributed by atoms with Gasteiger partial charge in [-0.2, -0.15) is 0 Å². The Balaban J connectivity index is 1.87. The van der Waals surface area contributed by atoms with Crippen LogP contribution in [-0.4, -0.2) is 40.3 Å². The number of rotatable bonds is 6. The van der Waals surface area contributed by atoms with Gasteiger partial charge in [-0.15, -0.1) is 0 Å². The number of carbonyl (C=O) groups excluding carboxylic acids is 2. The number of aromatic amines is 1. The van der Waals surface area contributed by atoms with Gasteiger partial charge in [-0.1, -0.05) is 32.9 Å². The van der Waals surface area contributed by atoms with E-state index in [0.29, 0.717) is 36.1 Å². The zero-order chi connectivity index (χ0) is 19.3. The number of para-hydroxylation sites is 1. The van der Waals surface area contributed by atoms with Crippen molar-refractivity contribution in [3.8, 4) is 0 Å². The summed E-state index contributed by atoms with van der Waals surface area (Å²) >= 11 is 0. The Labute approximate surface area is 152 Å². The monoisotopic (exact) mass is 358 g/mol. The first-order chi connectivity index (χ1) is 12.2. The van der Waals surface area contributed by atoms with Crippen molar-refractivity contribution in [1.29, 1.82) is 0 Å². The fourth-order valence-electron chi connectivity index (χ4n) is 2.42. The summed E-state index contributed by atoms with van der Waals surface area (Å²) in [7, 11) is 1.67. The van der Waals surface area contributed by atoms with Crippen LogP contribution in [0.25, 0.3) is 10.9 Å². The van der Waals surface area contributed by atoms with Gasteiger partial charge in [0.25, 0.3) is 5.56 Å². The highest BCUT2D eigenvalue weighted by Crippen LogP contribution is 2.12. The van der Waals surface area contributed by atoms with Gasteiger partial charge in [0.15, 0.2) is 0 Å². The molecule has 0 atom stereocenters. The molecule has 2 N–H and O–H groups in total. The van der Waals surface area contributed by atoms with Crippen molar-refractivity contribution in [3.63, 3.8) is 0 Å². The summed E-state index contributed by atoms with van der Waals surface area (Å²) in [5.41, 5.74) is -0.0395. The number of hydrogen-bond acceptors (Lipinski definition) is 4. The van der Waals surface area contributed by atoms with E-state index >= 15 is 0 Å². The smallest absolute Gasteiger partial charge is 0.258 e. The average Bonchev–Trinajstić information content (AvgIpc) is 2.57. The number of aromatic nitrogens is 2. The fourth-order valence-corrected chi connectivity index (χ4v) is 2.42. The van der Waals surface area contributed by atoms with Gasteiger partial charge < -0.3 is 15.2 Å². The Kier molecular flexibility index (Phi) is 6.13. The van der Waals surface area contributed by atoms with Crippen LogP contribution in [0.4, 0.5) is 0 Å². The largest absolute Gasteiger partial charge is 0.356 e. The molecule has 1 aromatic carbocycles. The van der Waals surface area contributed by atoms with Crippen molar-refractivity contribution in [2.24, 2.45) is 5.41 Å². The third kappa shape index (κ3) is 5.15. The number of H-pyrrole nitrogens is 1. The summed E-state index contributed by atoms with van der Waals surface area (Å²) in [6.45, 7) is 6.23. The van der Waals surface area contributed by atoms with E-state index in [4.69, 9.17) is 0 Å². The van der Waals surface area contributed by atoms with Crippen LogP contribution in [0.3, 0.4) is 0 Å². The van der Waals surface area contributed by atoms with Crippen LogP contribution >= 0.6 is 0 Å². The van der Waals surface area contributed by atoms with Crippen molar-refractivity contribution in [2.45, 2.75) is 40.2 Å². The van der Waals surface area contributed by atoms with Crippen molar-refractivity contribution in [2.75, 3.05) is 13.6 Å². The Morgan fingerprint density at radius 1 is 1.23 bits per heavy atom. The first kappa shape index (κ1) is 19.6. The minimum atomic E-state index is -0.436. The second-order valence-corrected chi connectivity index (χ2v) is 7.39. The van der Waals surface area contributed by atoms with E-state index < -0.39 is 5.41 Å². The molecule has 0 aliphatic rings. The lowest BCUT2D eigenvalue weighted by Gasteiger charge is -2.19. The Morgan fingerprint density at radius 3 is 2.62 bits per heavy atom. The highest BCUT2D eigenvalue weighted by molar-refractivity contribution is 5.81.